The predicted molar refractivity (Wildman–Crippen MR) is 122 cm³/mol. The summed E-state index contributed by atoms with van der Waals surface area (Å²) in [6, 6.07) is 16.0. The number of carboxylic acids is 1. The Hall–Kier alpha value is -3.35. The van der Waals surface area contributed by atoms with Crippen molar-refractivity contribution in [3.63, 3.8) is 0 Å². The Bertz CT molecular complexity index is 1060. The van der Waals surface area contributed by atoms with Gasteiger partial charge >= 0.3 is 12.1 Å². The van der Waals surface area contributed by atoms with Crippen LogP contribution >= 0.6 is 0 Å². The number of benzene rings is 2. The fourth-order valence-electron chi connectivity index (χ4n) is 5.49. The predicted octanol–water partition coefficient (Wildman–Crippen LogP) is 3.77. The number of alkyl carbamates (subject to hydrolysis) is 1. The number of rotatable bonds is 6. The van der Waals surface area contributed by atoms with Crippen LogP contribution in [-0.4, -0.2) is 53.2 Å². The highest BCUT2D eigenvalue weighted by molar-refractivity contribution is 5.91. The number of nitrogens with zero attached hydrogens (tertiary/aromatic N) is 1. The lowest BCUT2D eigenvalue weighted by atomic mass is 9.98. The minimum absolute atomic E-state index is 0.0272. The zero-order valence-corrected chi connectivity index (χ0v) is 18.6. The van der Waals surface area contributed by atoms with E-state index in [4.69, 9.17) is 4.74 Å². The van der Waals surface area contributed by atoms with Crippen LogP contribution in [-0.2, 0) is 14.3 Å². The maximum absolute atomic E-state index is 13.0. The quantitative estimate of drug-likeness (QED) is 0.701. The number of likely N-dealkylation sites (N-methyl/N-ethyl adjacent to an activating group) is 1. The van der Waals surface area contributed by atoms with Gasteiger partial charge in [-0.3, -0.25) is 4.79 Å². The van der Waals surface area contributed by atoms with Crippen LogP contribution in [0.1, 0.15) is 49.1 Å². The van der Waals surface area contributed by atoms with Crippen LogP contribution < -0.4 is 5.32 Å². The summed E-state index contributed by atoms with van der Waals surface area (Å²) >= 11 is 0. The second kappa shape index (κ2) is 8.21. The average Bonchev–Trinajstić information content (AvgIpc) is 3.42. The molecule has 5 rings (SSSR count). The van der Waals surface area contributed by atoms with Gasteiger partial charge in [-0.05, 0) is 47.9 Å². The van der Waals surface area contributed by atoms with E-state index < -0.39 is 23.5 Å². The summed E-state index contributed by atoms with van der Waals surface area (Å²) in [5, 5.41) is 12.4. The topological polar surface area (TPSA) is 95.9 Å². The van der Waals surface area contributed by atoms with Crippen molar-refractivity contribution in [3.8, 4) is 11.1 Å². The van der Waals surface area contributed by atoms with Gasteiger partial charge in [0, 0.05) is 19.0 Å². The number of carbonyl (C=O) groups is 3. The number of ether oxygens (including phenoxy) is 1. The number of carboxylic acid groups (broad SMARTS) is 1. The lowest BCUT2D eigenvalue weighted by Crippen LogP contribution is -2.51. The number of fused-ring (bicyclic) bond motifs is 3. The maximum atomic E-state index is 13.0. The summed E-state index contributed by atoms with van der Waals surface area (Å²) in [6.45, 7) is 0.215. The Morgan fingerprint density at radius 1 is 1.03 bits per heavy atom. The van der Waals surface area contributed by atoms with Gasteiger partial charge in [0.1, 0.15) is 12.1 Å². The number of nitrogens with one attached hydrogen (secondary N) is 1. The Balaban J connectivity index is 1.23. The first-order valence-corrected chi connectivity index (χ1v) is 11.5. The van der Waals surface area contributed by atoms with Gasteiger partial charge in [-0.25, -0.2) is 9.59 Å². The SMILES string of the molecule is CN(C(=O)C1CCCC1NC(=O)OCC1c2ccccc2-c2ccccc21)C1(C(=O)O)CC1. The van der Waals surface area contributed by atoms with Crippen LogP contribution in [0, 0.1) is 5.92 Å². The molecule has 7 heteroatoms. The molecule has 172 valence electrons. The van der Waals surface area contributed by atoms with E-state index in [1.54, 1.807) is 7.05 Å². The van der Waals surface area contributed by atoms with Gasteiger partial charge in [0.05, 0.1) is 5.92 Å². The Morgan fingerprint density at radius 2 is 1.64 bits per heavy atom. The van der Waals surface area contributed by atoms with Gasteiger partial charge in [-0.1, -0.05) is 55.0 Å². The van der Waals surface area contributed by atoms with Gasteiger partial charge in [-0.2, -0.15) is 0 Å². The fourth-order valence-corrected chi connectivity index (χ4v) is 5.49. The third kappa shape index (κ3) is 3.65. The van der Waals surface area contributed by atoms with Crippen LogP contribution in [0.15, 0.2) is 48.5 Å². The summed E-state index contributed by atoms with van der Waals surface area (Å²) in [7, 11) is 1.56. The molecule has 33 heavy (non-hydrogen) atoms. The highest BCUT2D eigenvalue weighted by Crippen LogP contribution is 2.45. The average molecular weight is 449 g/mol. The second-order valence-corrected chi connectivity index (χ2v) is 9.35. The zero-order chi connectivity index (χ0) is 23.2. The van der Waals surface area contributed by atoms with E-state index in [-0.39, 0.29) is 24.5 Å². The molecule has 0 aliphatic heterocycles. The van der Waals surface area contributed by atoms with Gasteiger partial charge in [0.15, 0.2) is 0 Å². The third-order valence-electron chi connectivity index (χ3n) is 7.57. The molecule has 2 saturated carbocycles. The molecule has 2 atom stereocenters. The summed E-state index contributed by atoms with van der Waals surface area (Å²) in [5.74, 6) is -1.62. The van der Waals surface area contributed by atoms with E-state index in [2.05, 4.69) is 29.6 Å². The number of hydrogen-bond acceptors (Lipinski definition) is 4. The molecule has 2 amide bonds. The molecule has 0 spiro atoms. The van der Waals surface area contributed by atoms with E-state index in [0.717, 1.165) is 17.5 Å². The number of amides is 2. The molecule has 0 saturated heterocycles. The molecule has 2 N–H and O–H groups in total. The molecule has 0 aromatic heterocycles. The van der Waals surface area contributed by atoms with Crippen LogP contribution in [0.3, 0.4) is 0 Å². The van der Waals surface area contributed by atoms with Crippen molar-refractivity contribution in [1.29, 1.82) is 0 Å². The van der Waals surface area contributed by atoms with Gasteiger partial charge < -0.3 is 20.1 Å². The van der Waals surface area contributed by atoms with E-state index >= 15 is 0 Å². The van der Waals surface area contributed by atoms with Crippen molar-refractivity contribution in [3.05, 3.63) is 59.7 Å². The molecule has 0 heterocycles. The first-order chi connectivity index (χ1) is 15.9. The minimum atomic E-state index is -1.08. The Kier molecular flexibility index (Phi) is 5.35. The summed E-state index contributed by atoms with van der Waals surface area (Å²) in [5.41, 5.74) is 3.54. The molecular formula is C26H28N2O5. The minimum Gasteiger partial charge on any atom is -0.479 e. The van der Waals surface area contributed by atoms with Crippen LogP contribution in [0.25, 0.3) is 11.1 Å². The lowest BCUT2D eigenvalue weighted by molar-refractivity contribution is -0.152. The molecule has 2 aromatic carbocycles. The summed E-state index contributed by atoms with van der Waals surface area (Å²) < 4.78 is 5.64. The molecule has 2 unspecified atom stereocenters. The number of aliphatic carboxylic acids is 1. The Labute approximate surface area is 192 Å². The first-order valence-electron chi connectivity index (χ1n) is 11.5. The smallest absolute Gasteiger partial charge is 0.407 e. The van der Waals surface area contributed by atoms with Crippen molar-refractivity contribution in [1.82, 2.24) is 10.2 Å². The molecule has 0 bridgehead atoms. The molecule has 3 aliphatic carbocycles. The second-order valence-electron chi connectivity index (χ2n) is 9.35. The summed E-state index contributed by atoms with van der Waals surface area (Å²) in [6.07, 6.45) is 2.52. The maximum Gasteiger partial charge on any atom is 0.407 e. The van der Waals surface area contributed by atoms with Gasteiger partial charge in [-0.15, -0.1) is 0 Å². The molecule has 7 nitrogen and oxygen atoms in total. The van der Waals surface area contributed by atoms with Gasteiger partial charge in [0.2, 0.25) is 5.91 Å². The van der Waals surface area contributed by atoms with Crippen molar-refractivity contribution < 1.29 is 24.2 Å². The third-order valence-corrected chi connectivity index (χ3v) is 7.57. The van der Waals surface area contributed by atoms with E-state index in [9.17, 15) is 19.5 Å². The van der Waals surface area contributed by atoms with Crippen LogP contribution in [0.5, 0.6) is 0 Å². The van der Waals surface area contributed by atoms with Crippen molar-refractivity contribution in [2.75, 3.05) is 13.7 Å². The highest BCUT2D eigenvalue weighted by Gasteiger charge is 2.57. The largest absolute Gasteiger partial charge is 0.479 e. The van der Waals surface area contributed by atoms with Crippen molar-refractivity contribution in [2.24, 2.45) is 5.92 Å². The molecule has 2 aromatic rings. The number of carbonyl (C=O) groups excluding carboxylic acids is 2. The van der Waals surface area contributed by atoms with E-state index in [0.29, 0.717) is 25.7 Å². The number of hydrogen-bond donors (Lipinski definition) is 2. The summed E-state index contributed by atoms with van der Waals surface area (Å²) in [4.78, 5) is 38.7. The van der Waals surface area contributed by atoms with Crippen molar-refractivity contribution >= 4 is 18.0 Å². The first kappa shape index (κ1) is 21.5. The molecule has 2 fully saturated rings. The molecular weight excluding hydrogens is 420 g/mol. The lowest BCUT2D eigenvalue weighted by Gasteiger charge is -2.30. The fraction of sp³-hybridized carbons (Fsp3) is 0.423. The molecule has 3 aliphatic rings. The van der Waals surface area contributed by atoms with E-state index in [1.165, 1.54) is 16.0 Å². The zero-order valence-electron chi connectivity index (χ0n) is 18.6. The molecule has 0 radical (unpaired) electrons. The van der Waals surface area contributed by atoms with Crippen molar-refractivity contribution in [2.45, 2.75) is 49.6 Å². The highest BCUT2D eigenvalue weighted by atomic mass is 16.5. The Morgan fingerprint density at radius 3 is 2.21 bits per heavy atom. The van der Waals surface area contributed by atoms with Gasteiger partial charge in [0.25, 0.3) is 0 Å². The van der Waals surface area contributed by atoms with Crippen LogP contribution in [0.4, 0.5) is 4.79 Å². The normalized spacial score (nSPS) is 22.2. The standard InChI is InChI=1S/C26H28N2O5/c1-28(26(13-14-26)24(30)31)23(29)20-11-6-12-22(20)27-25(32)33-15-21-18-9-4-2-7-16(18)17-8-3-5-10-19(17)21/h2-5,7-10,20-22H,6,11-15H2,1H3,(H,27,32)(H,30,31). The van der Waals surface area contributed by atoms with E-state index in [1.807, 2.05) is 24.3 Å². The van der Waals surface area contributed by atoms with Crippen LogP contribution in [0.2, 0.25) is 0 Å². The monoisotopic (exact) mass is 448 g/mol.